The Kier molecular flexibility index (Phi) is 10.1. The fourth-order valence-electron chi connectivity index (χ4n) is 4.60. The van der Waals surface area contributed by atoms with Crippen molar-refractivity contribution in [3.05, 3.63) is 48.0 Å². The molecule has 2 aromatic rings. The molecule has 0 fully saturated rings. The summed E-state index contributed by atoms with van der Waals surface area (Å²) in [5.74, 6) is 0.930. The van der Waals surface area contributed by atoms with Gasteiger partial charge in [-0.05, 0) is 53.9 Å². The summed E-state index contributed by atoms with van der Waals surface area (Å²) >= 11 is 1.38. The number of methoxy groups -OCH3 is 1. The maximum absolute atomic E-state index is 14.2. The molecule has 0 bridgehead atoms. The normalized spacial score (nSPS) is 19.8. The number of hydrogen-bond donors (Lipinski definition) is 0. The highest BCUT2D eigenvalue weighted by molar-refractivity contribution is 7.99. The second-order valence-corrected chi connectivity index (χ2v) is 12.9. The first kappa shape index (κ1) is 28.8. The average molecular weight is 553 g/mol. The fourth-order valence-corrected chi connectivity index (χ4v) is 9.03. The number of unbranched alkanes of at least 4 members (excludes halogenated alkanes) is 1. The molecule has 36 heavy (non-hydrogen) atoms. The third-order valence-electron chi connectivity index (χ3n) is 6.28. The van der Waals surface area contributed by atoms with Gasteiger partial charge in [-0.1, -0.05) is 38.0 Å². The van der Waals surface area contributed by atoms with E-state index in [1.165, 1.54) is 11.8 Å². The number of benzene rings is 2. The number of nitrogens with zero attached hydrogens (tertiary/aromatic N) is 2. The van der Waals surface area contributed by atoms with E-state index >= 15 is 0 Å². The van der Waals surface area contributed by atoms with E-state index in [0.29, 0.717) is 30.3 Å². The molecule has 0 spiro atoms. The van der Waals surface area contributed by atoms with E-state index in [-0.39, 0.29) is 25.3 Å². The average Bonchev–Trinajstić information content (AvgIpc) is 2.93. The van der Waals surface area contributed by atoms with Crippen LogP contribution < -0.4 is 9.64 Å². The lowest BCUT2D eigenvalue weighted by Gasteiger charge is -2.40. The smallest absolute Gasteiger partial charge is 0.315 e. The molecule has 2 aromatic carbocycles. The molecule has 10 heteroatoms. The molecule has 3 rings (SSSR count). The maximum Gasteiger partial charge on any atom is 0.315 e. The minimum atomic E-state index is -3.80. The summed E-state index contributed by atoms with van der Waals surface area (Å²) in [7, 11) is -2.12. The van der Waals surface area contributed by atoms with Crippen molar-refractivity contribution in [2.75, 3.05) is 37.6 Å². The first-order chi connectivity index (χ1) is 17.2. The number of ether oxygens (including phenoxy) is 2. The minimum Gasteiger partial charge on any atom is -0.496 e. The molecule has 1 heterocycles. The number of rotatable bonds is 11. The SMILES string of the molecule is CCCCC1(C)CN(c2ccccc2)c2cc(OC)c(CSCC(=O)OCC)cc2S(=O)(=O)N1PC. The van der Waals surface area contributed by atoms with Crippen molar-refractivity contribution in [3.8, 4) is 5.75 Å². The highest BCUT2D eigenvalue weighted by Crippen LogP contribution is 2.48. The second kappa shape index (κ2) is 12.6. The van der Waals surface area contributed by atoms with Gasteiger partial charge in [-0.25, -0.2) is 8.42 Å². The lowest BCUT2D eigenvalue weighted by molar-refractivity contribution is -0.139. The monoisotopic (exact) mass is 552 g/mol. The van der Waals surface area contributed by atoms with Crippen LogP contribution in [0.4, 0.5) is 11.4 Å². The van der Waals surface area contributed by atoms with E-state index in [0.717, 1.165) is 30.5 Å². The van der Waals surface area contributed by atoms with Crippen molar-refractivity contribution < 1.29 is 22.7 Å². The van der Waals surface area contributed by atoms with Crippen molar-refractivity contribution in [1.82, 2.24) is 4.08 Å². The molecule has 7 nitrogen and oxygen atoms in total. The number of thioether (sulfide) groups is 1. The van der Waals surface area contributed by atoms with Crippen LogP contribution >= 0.6 is 20.5 Å². The minimum absolute atomic E-state index is 0.0886. The van der Waals surface area contributed by atoms with Gasteiger partial charge in [0.2, 0.25) is 10.0 Å². The summed E-state index contributed by atoms with van der Waals surface area (Å²) in [6.07, 6.45) is 2.69. The molecular formula is C26H37N2O5PS2. The van der Waals surface area contributed by atoms with Crippen molar-refractivity contribution in [3.63, 3.8) is 0 Å². The van der Waals surface area contributed by atoms with Gasteiger partial charge in [-0.3, -0.25) is 4.79 Å². The van der Waals surface area contributed by atoms with E-state index in [2.05, 4.69) is 18.7 Å². The van der Waals surface area contributed by atoms with Gasteiger partial charge < -0.3 is 14.4 Å². The highest BCUT2D eigenvalue weighted by Gasteiger charge is 2.46. The summed E-state index contributed by atoms with van der Waals surface area (Å²) in [4.78, 5) is 14.2. The van der Waals surface area contributed by atoms with Crippen LogP contribution in [-0.2, 0) is 25.3 Å². The van der Waals surface area contributed by atoms with Gasteiger partial charge in [-0.15, -0.1) is 11.8 Å². The van der Waals surface area contributed by atoms with Gasteiger partial charge in [-0.2, -0.15) is 4.08 Å². The van der Waals surface area contributed by atoms with Gasteiger partial charge in [0.15, 0.2) is 0 Å². The molecule has 0 N–H and O–H groups in total. The topological polar surface area (TPSA) is 76.1 Å². The lowest BCUT2D eigenvalue weighted by Crippen LogP contribution is -2.49. The predicted molar refractivity (Wildman–Crippen MR) is 150 cm³/mol. The molecule has 1 aliphatic heterocycles. The molecule has 0 aliphatic carbocycles. The quantitative estimate of drug-likeness (QED) is 0.257. The van der Waals surface area contributed by atoms with Crippen LogP contribution in [0.3, 0.4) is 0 Å². The largest absolute Gasteiger partial charge is 0.496 e. The lowest BCUT2D eigenvalue weighted by atomic mass is 9.94. The number of sulfonamides is 1. The molecule has 0 aromatic heterocycles. The number of anilines is 2. The van der Waals surface area contributed by atoms with Gasteiger partial charge in [0.25, 0.3) is 0 Å². The summed E-state index contributed by atoms with van der Waals surface area (Å²) in [5.41, 5.74) is 1.70. The Hall–Kier alpha value is -1.80. The van der Waals surface area contributed by atoms with E-state index in [1.54, 1.807) is 24.2 Å². The third-order valence-corrected chi connectivity index (χ3v) is 11.3. The van der Waals surface area contributed by atoms with E-state index in [4.69, 9.17) is 9.47 Å². The van der Waals surface area contributed by atoms with Crippen LogP contribution in [0, 0.1) is 0 Å². The third kappa shape index (κ3) is 6.18. The Balaban J connectivity index is 2.16. The number of esters is 1. The van der Waals surface area contributed by atoms with E-state index < -0.39 is 15.6 Å². The zero-order valence-electron chi connectivity index (χ0n) is 21.7. The van der Waals surface area contributed by atoms with Crippen LogP contribution in [-0.4, -0.2) is 56.7 Å². The van der Waals surface area contributed by atoms with Gasteiger partial charge >= 0.3 is 5.97 Å². The molecule has 0 amide bonds. The molecule has 2 atom stereocenters. The van der Waals surface area contributed by atoms with Crippen molar-refractivity contribution in [2.45, 2.75) is 56.2 Å². The van der Waals surface area contributed by atoms with Crippen LogP contribution in [0.5, 0.6) is 5.75 Å². The number of para-hydroxylation sites is 1. The zero-order valence-corrected chi connectivity index (χ0v) is 24.4. The molecule has 2 unspecified atom stereocenters. The molecule has 0 saturated heterocycles. The highest BCUT2D eigenvalue weighted by atomic mass is 32.2. The molecule has 198 valence electrons. The Morgan fingerprint density at radius 3 is 2.53 bits per heavy atom. The second-order valence-electron chi connectivity index (χ2n) is 8.94. The van der Waals surface area contributed by atoms with Crippen molar-refractivity contribution in [1.29, 1.82) is 0 Å². The van der Waals surface area contributed by atoms with Crippen LogP contribution in [0.1, 0.15) is 45.6 Å². The molecule has 0 radical (unpaired) electrons. The zero-order chi connectivity index (χ0) is 26.3. The Morgan fingerprint density at radius 1 is 1.19 bits per heavy atom. The predicted octanol–water partition coefficient (Wildman–Crippen LogP) is 5.81. The fraction of sp³-hybridized carbons (Fsp3) is 0.500. The molecule has 0 saturated carbocycles. The molecular weight excluding hydrogens is 515 g/mol. The van der Waals surface area contributed by atoms with Gasteiger partial charge in [0.1, 0.15) is 10.6 Å². The summed E-state index contributed by atoms with van der Waals surface area (Å²) in [6.45, 7) is 8.76. The summed E-state index contributed by atoms with van der Waals surface area (Å²) < 4.78 is 40.9. The maximum atomic E-state index is 14.2. The number of carbonyl (C=O) groups excluding carboxylic acids is 1. The van der Waals surface area contributed by atoms with Gasteiger partial charge in [0, 0.05) is 29.6 Å². The first-order valence-corrected chi connectivity index (χ1v) is 16.3. The van der Waals surface area contributed by atoms with E-state index in [1.807, 2.05) is 43.1 Å². The van der Waals surface area contributed by atoms with Gasteiger partial charge in [0.05, 0.1) is 30.7 Å². The number of fused-ring (bicyclic) bond motifs is 1. The van der Waals surface area contributed by atoms with Crippen LogP contribution in [0.2, 0.25) is 0 Å². The molecule has 1 aliphatic rings. The Morgan fingerprint density at radius 2 is 1.92 bits per heavy atom. The van der Waals surface area contributed by atoms with E-state index in [9.17, 15) is 13.2 Å². The van der Waals surface area contributed by atoms with Crippen molar-refractivity contribution in [2.24, 2.45) is 0 Å². The summed E-state index contributed by atoms with van der Waals surface area (Å²) in [6, 6.07) is 13.5. The Labute approximate surface area is 221 Å². The van der Waals surface area contributed by atoms with Crippen LogP contribution in [0.15, 0.2) is 47.4 Å². The van der Waals surface area contributed by atoms with Crippen molar-refractivity contribution >= 4 is 47.9 Å². The first-order valence-electron chi connectivity index (χ1n) is 12.2. The summed E-state index contributed by atoms with van der Waals surface area (Å²) in [5, 5.41) is 0. The number of hydrogen-bond acceptors (Lipinski definition) is 7. The standard InChI is InChI=1S/C26H37N2O5PS2/c1-6-8-14-26(3)19-27(21-12-10-9-11-13-21)22-16-23(32-4)20(17-35-18-25(29)33-7-2)15-24(22)36(30,31)28(26)34-5/h9-13,15-16,34H,6-8,14,17-19H2,1-5H3. The Bertz CT molecular complexity index is 1150. The number of carbonyl (C=O) groups is 1. The van der Waals surface area contributed by atoms with Crippen LogP contribution in [0.25, 0.3) is 0 Å².